The second-order valence-corrected chi connectivity index (χ2v) is 4.58. The van der Waals surface area contributed by atoms with Crippen LogP contribution < -0.4 is 0 Å². The smallest absolute Gasteiger partial charge is 0.326 e. The largest absolute Gasteiger partial charge is 0.480 e. The zero-order valence-corrected chi connectivity index (χ0v) is 10.1. The topological polar surface area (TPSA) is 90.3 Å². The van der Waals surface area contributed by atoms with E-state index in [0.29, 0.717) is 39.1 Å². The lowest BCUT2D eigenvalue weighted by molar-refractivity contribution is -0.141. The predicted molar refractivity (Wildman–Crippen MR) is 61.2 cm³/mol. The molecule has 2 aliphatic rings. The van der Waals surface area contributed by atoms with Crippen molar-refractivity contribution in [2.75, 3.05) is 32.9 Å². The molecule has 0 saturated carbocycles. The van der Waals surface area contributed by atoms with Crippen molar-refractivity contribution < 1.29 is 24.5 Å². The van der Waals surface area contributed by atoms with Gasteiger partial charge in [0.1, 0.15) is 6.04 Å². The molecular formula is C11H18N2O5. The Labute approximate surface area is 105 Å². The molecule has 2 saturated heterocycles. The number of hydrogen-bond acceptors (Lipinski definition) is 4. The molecule has 2 heterocycles. The second kappa shape index (κ2) is 5.53. The molecule has 2 N–H and O–H groups in total. The van der Waals surface area contributed by atoms with Crippen LogP contribution in [-0.4, -0.2) is 77.0 Å². The lowest BCUT2D eigenvalue weighted by Crippen LogP contribution is -2.56. The molecule has 2 aliphatic heterocycles. The monoisotopic (exact) mass is 258 g/mol. The Hall–Kier alpha value is -1.34. The summed E-state index contributed by atoms with van der Waals surface area (Å²) in [4.78, 5) is 26.3. The van der Waals surface area contributed by atoms with Gasteiger partial charge in [0.15, 0.2) is 0 Å². The third-order valence-electron chi connectivity index (χ3n) is 3.47. The summed E-state index contributed by atoms with van der Waals surface area (Å²) in [5.74, 6) is -0.963. The number of likely N-dealkylation sites (tertiary alicyclic amines) is 1. The minimum absolute atomic E-state index is 0.169. The first-order chi connectivity index (χ1) is 8.65. The molecule has 2 fully saturated rings. The van der Waals surface area contributed by atoms with E-state index in [-0.39, 0.29) is 18.7 Å². The number of aliphatic hydroxyl groups excluding tert-OH is 1. The van der Waals surface area contributed by atoms with E-state index in [4.69, 9.17) is 9.84 Å². The van der Waals surface area contributed by atoms with Crippen molar-refractivity contribution in [1.29, 1.82) is 0 Å². The van der Waals surface area contributed by atoms with Crippen molar-refractivity contribution in [1.82, 2.24) is 9.80 Å². The standard InChI is InChI=1S/C11H18N2O5/c14-6-8-7-18-5-4-12(8)11(17)13-3-1-2-9(13)10(15)16/h8-9,14H,1-7H2,(H,15,16)/t8?,9-/m0/s1. The summed E-state index contributed by atoms with van der Waals surface area (Å²) in [5, 5.41) is 18.3. The number of aliphatic carboxylic acids is 1. The Kier molecular flexibility index (Phi) is 4.03. The maximum absolute atomic E-state index is 12.3. The normalized spacial score (nSPS) is 28.5. The maximum Gasteiger partial charge on any atom is 0.326 e. The first-order valence-corrected chi connectivity index (χ1v) is 6.13. The van der Waals surface area contributed by atoms with E-state index in [0.717, 1.165) is 0 Å². The van der Waals surface area contributed by atoms with Crippen LogP contribution in [0.15, 0.2) is 0 Å². The van der Waals surface area contributed by atoms with Gasteiger partial charge in [0.2, 0.25) is 0 Å². The predicted octanol–water partition coefficient (Wildman–Crippen LogP) is -0.651. The summed E-state index contributed by atoms with van der Waals surface area (Å²) < 4.78 is 5.20. The van der Waals surface area contributed by atoms with Gasteiger partial charge in [-0.25, -0.2) is 9.59 Å². The molecule has 2 rings (SSSR count). The first kappa shape index (κ1) is 13.1. The van der Waals surface area contributed by atoms with Crippen LogP contribution >= 0.6 is 0 Å². The van der Waals surface area contributed by atoms with Crippen LogP contribution in [0.3, 0.4) is 0 Å². The fourth-order valence-corrected chi connectivity index (χ4v) is 2.48. The molecule has 1 unspecified atom stereocenters. The molecule has 0 spiro atoms. The number of hydrogen-bond donors (Lipinski definition) is 2. The molecular weight excluding hydrogens is 240 g/mol. The Morgan fingerprint density at radius 2 is 2.06 bits per heavy atom. The fraction of sp³-hybridized carbons (Fsp3) is 0.818. The van der Waals surface area contributed by atoms with Crippen molar-refractivity contribution in [3.05, 3.63) is 0 Å². The van der Waals surface area contributed by atoms with E-state index in [2.05, 4.69) is 0 Å². The van der Waals surface area contributed by atoms with Crippen LogP contribution in [0.5, 0.6) is 0 Å². The van der Waals surface area contributed by atoms with Gasteiger partial charge in [-0.05, 0) is 12.8 Å². The lowest BCUT2D eigenvalue weighted by atomic mass is 10.2. The highest BCUT2D eigenvalue weighted by Crippen LogP contribution is 2.21. The molecule has 102 valence electrons. The van der Waals surface area contributed by atoms with Crippen LogP contribution in [-0.2, 0) is 9.53 Å². The van der Waals surface area contributed by atoms with Crippen LogP contribution in [0.1, 0.15) is 12.8 Å². The Balaban J connectivity index is 2.07. The number of carboxylic acid groups (broad SMARTS) is 1. The second-order valence-electron chi connectivity index (χ2n) is 4.58. The Bertz CT molecular complexity index is 335. The van der Waals surface area contributed by atoms with Gasteiger partial charge in [-0.2, -0.15) is 0 Å². The van der Waals surface area contributed by atoms with Crippen molar-refractivity contribution in [3.63, 3.8) is 0 Å². The van der Waals surface area contributed by atoms with Gasteiger partial charge in [-0.1, -0.05) is 0 Å². The third-order valence-corrected chi connectivity index (χ3v) is 3.47. The van der Waals surface area contributed by atoms with Gasteiger partial charge in [0, 0.05) is 13.1 Å². The number of urea groups is 1. The number of amides is 2. The molecule has 0 bridgehead atoms. The van der Waals surface area contributed by atoms with E-state index in [9.17, 15) is 14.7 Å². The number of ether oxygens (including phenoxy) is 1. The summed E-state index contributed by atoms with van der Waals surface area (Å²) in [7, 11) is 0. The summed E-state index contributed by atoms with van der Waals surface area (Å²) in [6.07, 6.45) is 1.20. The number of morpholine rings is 1. The van der Waals surface area contributed by atoms with Crippen molar-refractivity contribution in [2.24, 2.45) is 0 Å². The molecule has 0 aromatic carbocycles. The zero-order chi connectivity index (χ0) is 13.1. The number of aliphatic hydroxyl groups is 1. The minimum atomic E-state index is -0.963. The number of carbonyl (C=O) groups excluding carboxylic acids is 1. The third kappa shape index (κ3) is 2.41. The number of carboxylic acids is 1. The molecule has 7 nitrogen and oxygen atoms in total. The summed E-state index contributed by atoms with van der Waals surface area (Å²) in [5.41, 5.74) is 0. The molecule has 2 amide bonds. The average Bonchev–Trinajstić information content (AvgIpc) is 2.87. The average molecular weight is 258 g/mol. The quantitative estimate of drug-likeness (QED) is 0.687. The van der Waals surface area contributed by atoms with Gasteiger partial charge in [0.05, 0.1) is 25.9 Å². The van der Waals surface area contributed by atoms with Gasteiger partial charge in [-0.3, -0.25) is 0 Å². The molecule has 2 atom stereocenters. The zero-order valence-electron chi connectivity index (χ0n) is 10.1. The Morgan fingerprint density at radius 3 is 2.72 bits per heavy atom. The molecule has 0 aromatic heterocycles. The summed E-state index contributed by atoms with van der Waals surface area (Å²) in [6, 6.07) is -1.41. The number of nitrogens with zero attached hydrogens (tertiary/aromatic N) is 2. The van der Waals surface area contributed by atoms with Crippen molar-refractivity contribution >= 4 is 12.0 Å². The van der Waals surface area contributed by atoms with Crippen LogP contribution in [0, 0.1) is 0 Å². The molecule has 0 radical (unpaired) electrons. The SMILES string of the molecule is O=C(O)[C@@H]1CCCN1C(=O)N1CCOCC1CO. The Morgan fingerprint density at radius 1 is 1.28 bits per heavy atom. The minimum Gasteiger partial charge on any atom is -0.480 e. The fourth-order valence-electron chi connectivity index (χ4n) is 2.48. The molecule has 7 heteroatoms. The van der Waals surface area contributed by atoms with Crippen molar-refractivity contribution in [3.8, 4) is 0 Å². The molecule has 0 aromatic rings. The lowest BCUT2D eigenvalue weighted by Gasteiger charge is -2.37. The van der Waals surface area contributed by atoms with Gasteiger partial charge in [0.25, 0.3) is 0 Å². The van der Waals surface area contributed by atoms with E-state index >= 15 is 0 Å². The highest BCUT2D eigenvalue weighted by molar-refractivity contribution is 5.83. The molecule has 0 aliphatic carbocycles. The van der Waals surface area contributed by atoms with E-state index in [1.54, 1.807) is 0 Å². The highest BCUT2D eigenvalue weighted by Gasteiger charge is 2.38. The van der Waals surface area contributed by atoms with E-state index in [1.165, 1.54) is 9.80 Å². The highest BCUT2D eigenvalue weighted by atomic mass is 16.5. The summed E-state index contributed by atoms with van der Waals surface area (Å²) in [6.45, 7) is 1.41. The van der Waals surface area contributed by atoms with Gasteiger partial charge < -0.3 is 24.7 Å². The maximum atomic E-state index is 12.3. The van der Waals surface area contributed by atoms with E-state index < -0.39 is 12.0 Å². The first-order valence-electron chi connectivity index (χ1n) is 6.13. The number of carbonyl (C=O) groups is 2. The van der Waals surface area contributed by atoms with Crippen molar-refractivity contribution in [2.45, 2.75) is 24.9 Å². The van der Waals surface area contributed by atoms with Crippen LogP contribution in [0.25, 0.3) is 0 Å². The van der Waals surface area contributed by atoms with E-state index in [1.807, 2.05) is 0 Å². The van der Waals surface area contributed by atoms with Gasteiger partial charge >= 0.3 is 12.0 Å². The number of rotatable bonds is 2. The molecule has 18 heavy (non-hydrogen) atoms. The van der Waals surface area contributed by atoms with Crippen LogP contribution in [0.2, 0.25) is 0 Å². The summed E-state index contributed by atoms with van der Waals surface area (Å²) >= 11 is 0. The van der Waals surface area contributed by atoms with Crippen LogP contribution in [0.4, 0.5) is 4.79 Å². The van der Waals surface area contributed by atoms with Gasteiger partial charge in [-0.15, -0.1) is 0 Å².